The van der Waals surface area contributed by atoms with Gasteiger partial charge < -0.3 is 0 Å². The summed E-state index contributed by atoms with van der Waals surface area (Å²) in [5, 5.41) is 4.03. The summed E-state index contributed by atoms with van der Waals surface area (Å²) < 4.78 is 1.41. The molecule has 60 valence electrons. The third-order valence-corrected chi connectivity index (χ3v) is 2.66. The monoisotopic (exact) mass is 170 g/mol. The molecule has 2 rings (SSSR count). The van der Waals surface area contributed by atoms with Crippen LogP contribution in [0.4, 0.5) is 0 Å². The molecule has 0 saturated heterocycles. The van der Waals surface area contributed by atoms with Crippen molar-refractivity contribution >= 4 is 18.6 Å². The lowest BCUT2D eigenvalue weighted by atomic mass is 9.83. The van der Waals surface area contributed by atoms with Gasteiger partial charge in [0, 0.05) is 5.10 Å². The van der Waals surface area contributed by atoms with Gasteiger partial charge in [-0.25, -0.2) is 0 Å². The first kappa shape index (κ1) is 7.16. The summed E-state index contributed by atoms with van der Waals surface area (Å²) in [5.41, 5.74) is 3.32. The standard InChI is InChI=1S/C7H12N3S/c11-10-8-6-7(9-10)4-2-1-3-5-7/h6H,1-5H2,(H,9,11)/q+1. The molecule has 0 bridgehead atoms. The zero-order valence-corrected chi connectivity index (χ0v) is 7.23. The number of hydrogen-bond acceptors (Lipinski definition) is 1. The first-order valence-electron chi connectivity index (χ1n) is 4.11. The Morgan fingerprint density at radius 1 is 1.36 bits per heavy atom. The lowest BCUT2D eigenvalue weighted by molar-refractivity contribution is -0.564. The molecule has 1 heterocycles. The van der Waals surface area contributed by atoms with Gasteiger partial charge in [-0.15, -0.1) is 5.43 Å². The summed E-state index contributed by atoms with van der Waals surface area (Å²) in [6.07, 6.45) is 8.28. The van der Waals surface area contributed by atoms with E-state index in [9.17, 15) is 0 Å². The average Bonchev–Trinajstić information content (AvgIpc) is 2.34. The zero-order valence-electron chi connectivity index (χ0n) is 6.42. The number of hydrazine groups is 1. The van der Waals surface area contributed by atoms with E-state index >= 15 is 0 Å². The lowest BCUT2D eigenvalue weighted by Crippen LogP contribution is -2.46. The fourth-order valence-electron chi connectivity index (χ4n) is 1.83. The number of nitrogens with one attached hydrogen (secondary N) is 1. The fourth-order valence-corrected chi connectivity index (χ4v) is 2.06. The van der Waals surface area contributed by atoms with Crippen LogP contribution in [0.5, 0.6) is 0 Å². The summed E-state index contributed by atoms with van der Waals surface area (Å²) in [4.78, 5) is 0. The van der Waals surface area contributed by atoms with Gasteiger partial charge >= 0.3 is 12.4 Å². The van der Waals surface area contributed by atoms with Crippen molar-refractivity contribution < 1.29 is 4.16 Å². The van der Waals surface area contributed by atoms with Crippen LogP contribution in [0.3, 0.4) is 0 Å². The maximum atomic E-state index is 4.88. The van der Waals surface area contributed by atoms with E-state index in [-0.39, 0.29) is 5.54 Å². The van der Waals surface area contributed by atoms with Gasteiger partial charge in [0.2, 0.25) is 0 Å². The quantitative estimate of drug-likeness (QED) is 0.548. The highest BCUT2D eigenvalue weighted by molar-refractivity contribution is 7.44. The Balaban J connectivity index is 2.10. The molecule has 0 aromatic carbocycles. The Labute approximate surface area is 71.6 Å². The summed E-state index contributed by atoms with van der Waals surface area (Å²) in [6, 6.07) is 0. The van der Waals surface area contributed by atoms with Gasteiger partial charge in [0.1, 0.15) is 15.9 Å². The second-order valence-electron chi connectivity index (χ2n) is 3.35. The van der Waals surface area contributed by atoms with E-state index in [1.165, 1.54) is 36.3 Å². The maximum Gasteiger partial charge on any atom is 0.336 e. The van der Waals surface area contributed by atoms with Crippen LogP contribution >= 0.6 is 0 Å². The highest BCUT2D eigenvalue weighted by Gasteiger charge is 2.39. The predicted octanol–water partition coefficient (Wildman–Crippen LogP) is 0.936. The second-order valence-corrected chi connectivity index (χ2v) is 3.69. The van der Waals surface area contributed by atoms with Gasteiger partial charge in [0.05, 0.1) is 0 Å². The summed E-state index contributed by atoms with van der Waals surface area (Å²) in [7, 11) is 0. The van der Waals surface area contributed by atoms with Gasteiger partial charge in [-0.2, -0.15) is 0 Å². The van der Waals surface area contributed by atoms with Gasteiger partial charge in [-0.1, -0.05) is 19.3 Å². The van der Waals surface area contributed by atoms with E-state index in [1.54, 1.807) is 0 Å². The van der Waals surface area contributed by atoms with Crippen molar-refractivity contribution in [2.75, 3.05) is 0 Å². The number of hydrazone groups is 1. The molecule has 1 N–H and O–H groups in total. The molecule has 0 unspecified atom stereocenters. The highest BCUT2D eigenvalue weighted by Crippen LogP contribution is 2.28. The Hall–Kier alpha value is -0.510. The molecular formula is C7H12N3S+. The van der Waals surface area contributed by atoms with E-state index in [4.69, 9.17) is 12.4 Å². The van der Waals surface area contributed by atoms with Gasteiger partial charge in [-0.3, -0.25) is 0 Å². The topological polar surface area (TPSA) is 27.4 Å². The van der Waals surface area contributed by atoms with E-state index in [0.29, 0.717) is 0 Å². The van der Waals surface area contributed by atoms with E-state index in [2.05, 4.69) is 10.5 Å². The lowest BCUT2D eigenvalue weighted by Gasteiger charge is -2.25. The van der Waals surface area contributed by atoms with Crippen LogP contribution in [-0.2, 0) is 12.4 Å². The summed E-state index contributed by atoms with van der Waals surface area (Å²) >= 11 is 4.88. The summed E-state index contributed by atoms with van der Waals surface area (Å²) in [5.74, 6) is 0. The van der Waals surface area contributed by atoms with Crippen LogP contribution in [0.15, 0.2) is 5.10 Å². The Kier molecular flexibility index (Phi) is 1.64. The molecule has 1 aliphatic heterocycles. The van der Waals surface area contributed by atoms with Crippen LogP contribution in [-0.4, -0.2) is 15.9 Å². The Morgan fingerprint density at radius 2 is 2.09 bits per heavy atom. The molecule has 0 radical (unpaired) electrons. The molecule has 11 heavy (non-hydrogen) atoms. The van der Waals surface area contributed by atoms with Crippen molar-refractivity contribution in [1.29, 1.82) is 0 Å². The minimum atomic E-state index is 0.125. The third-order valence-electron chi connectivity index (χ3n) is 2.47. The van der Waals surface area contributed by atoms with Crippen molar-refractivity contribution in [1.82, 2.24) is 5.43 Å². The molecule has 4 heteroatoms. The molecule has 1 aliphatic carbocycles. The molecule has 0 aromatic rings. The largest absolute Gasteiger partial charge is 0.336 e. The zero-order chi connectivity index (χ0) is 7.73. The normalized spacial score (nSPS) is 27.5. The number of hydrogen-bond donors (Lipinski definition) is 1. The van der Waals surface area contributed by atoms with E-state index in [1.807, 2.05) is 6.21 Å². The molecule has 1 spiro atoms. The van der Waals surface area contributed by atoms with Crippen LogP contribution < -0.4 is 5.43 Å². The predicted molar refractivity (Wildman–Crippen MR) is 45.1 cm³/mol. The first-order valence-corrected chi connectivity index (χ1v) is 4.48. The Bertz CT molecular complexity index is 206. The van der Waals surface area contributed by atoms with Gasteiger partial charge in [0.15, 0.2) is 0 Å². The van der Waals surface area contributed by atoms with Crippen LogP contribution in [0.1, 0.15) is 32.1 Å². The molecule has 0 atom stereocenters. The van der Waals surface area contributed by atoms with E-state index in [0.717, 1.165) is 0 Å². The Morgan fingerprint density at radius 3 is 2.64 bits per heavy atom. The molecule has 0 amide bonds. The minimum Gasteiger partial charge on any atom is -0.142 e. The smallest absolute Gasteiger partial charge is 0.142 e. The molecule has 1 saturated carbocycles. The minimum absolute atomic E-state index is 0.125. The van der Waals surface area contributed by atoms with Gasteiger partial charge in [0.25, 0.3) is 0 Å². The average molecular weight is 170 g/mol. The molecular weight excluding hydrogens is 158 g/mol. The highest BCUT2D eigenvalue weighted by atomic mass is 32.1. The van der Waals surface area contributed by atoms with Crippen LogP contribution in [0, 0.1) is 0 Å². The first-order chi connectivity index (χ1) is 5.31. The molecule has 1 fully saturated rings. The second kappa shape index (κ2) is 2.52. The SMILES string of the molecule is S=[N+]1N=CC2(CCCCC2)N1. The van der Waals surface area contributed by atoms with Crippen LogP contribution in [0.2, 0.25) is 0 Å². The molecule has 3 nitrogen and oxygen atoms in total. The van der Waals surface area contributed by atoms with Crippen molar-refractivity contribution in [3.05, 3.63) is 0 Å². The number of rotatable bonds is 0. The molecule has 0 aromatic heterocycles. The maximum absolute atomic E-state index is 4.88. The van der Waals surface area contributed by atoms with Crippen molar-refractivity contribution in [3.8, 4) is 0 Å². The van der Waals surface area contributed by atoms with Crippen molar-refractivity contribution in [3.63, 3.8) is 0 Å². The van der Waals surface area contributed by atoms with Gasteiger partial charge in [-0.05, 0) is 12.8 Å². The van der Waals surface area contributed by atoms with Crippen LogP contribution in [0.25, 0.3) is 0 Å². The molecule has 2 aliphatic rings. The fraction of sp³-hybridized carbons (Fsp3) is 0.857. The third kappa shape index (κ3) is 1.27. The van der Waals surface area contributed by atoms with Crippen molar-refractivity contribution in [2.24, 2.45) is 5.10 Å². The van der Waals surface area contributed by atoms with E-state index < -0.39 is 0 Å². The summed E-state index contributed by atoms with van der Waals surface area (Å²) in [6.45, 7) is 0. The number of nitrogens with zero attached hydrogens (tertiary/aromatic N) is 2. The van der Waals surface area contributed by atoms with Crippen molar-refractivity contribution in [2.45, 2.75) is 37.6 Å².